The molecule has 9 nitrogen and oxygen atoms in total. The van der Waals surface area contributed by atoms with E-state index in [1.807, 2.05) is 19.9 Å². The molecule has 2 aromatic heterocycles. The van der Waals surface area contributed by atoms with Gasteiger partial charge in [0.15, 0.2) is 16.9 Å². The van der Waals surface area contributed by atoms with E-state index in [0.717, 1.165) is 0 Å². The van der Waals surface area contributed by atoms with Crippen molar-refractivity contribution in [1.29, 1.82) is 0 Å². The molecule has 180 valence electrons. The molecule has 0 aliphatic carbocycles. The van der Waals surface area contributed by atoms with Crippen molar-refractivity contribution in [3.63, 3.8) is 0 Å². The molecule has 1 atom stereocenters. The monoisotopic (exact) mass is 493 g/mol. The van der Waals surface area contributed by atoms with Crippen molar-refractivity contribution in [3.8, 4) is 17.2 Å². The zero-order valence-electron chi connectivity index (χ0n) is 19.7. The Hall–Kier alpha value is -3.92. The first-order chi connectivity index (χ1) is 17.0. The van der Waals surface area contributed by atoms with Crippen molar-refractivity contribution < 1.29 is 23.4 Å². The molecule has 1 aliphatic rings. The Balaban J connectivity index is 1.75. The Kier molecular flexibility index (Phi) is 5.89. The number of rotatable bonds is 7. The Bertz CT molecular complexity index is 1490. The van der Waals surface area contributed by atoms with Gasteiger partial charge in [-0.3, -0.25) is 14.5 Å². The van der Waals surface area contributed by atoms with Crippen molar-refractivity contribution >= 4 is 33.3 Å². The molecule has 5 rings (SSSR count). The lowest BCUT2D eigenvalue weighted by Gasteiger charge is -2.23. The highest BCUT2D eigenvalue weighted by Crippen LogP contribution is 2.44. The third-order valence-electron chi connectivity index (χ3n) is 5.68. The lowest BCUT2D eigenvalue weighted by atomic mass is 9.98. The van der Waals surface area contributed by atoms with E-state index in [1.165, 1.54) is 16.2 Å². The minimum Gasteiger partial charge on any atom is -0.494 e. The quantitative estimate of drug-likeness (QED) is 0.370. The van der Waals surface area contributed by atoms with Gasteiger partial charge in [-0.1, -0.05) is 17.4 Å². The van der Waals surface area contributed by atoms with E-state index in [2.05, 4.69) is 10.2 Å². The van der Waals surface area contributed by atoms with Gasteiger partial charge < -0.3 is 18.6 Å². The number of hydrogen-bond donors (Lipinski definition) is 0. The van der Waals surface area contributed by atoms with Gasteiger partial charge in [0.2, 0.25) is 10.9 Å². The van der Waals surface area contributed by atoms with Crippen LogP contribution >= 0.6 is 11.3 Å². The van der Waals surface area contributed by atoms with Crippen LogP contribution in [0.2, 0.25) is 0 Å². The number of amides is 1. The van der Waals surface area contributed by atoms with Crippen molar-refractivity contribution in [2.45, 2.75) is 26.8 Å². The number of aryl methyl sites for hydroxylation is 1. The molecular weight excluding hydrogens is 470 g/mol. The summed E-state index contributed by atoms with van der Waals surface area (Å²) in [6.07, 6.45) is 0. The van der Waals surface area contributed by atoms with Crippen LogP contribution in [0.1, 0.15) is 46.6 Å². The van der Waals surface area contributed by atoms with Crippen molar-refractivity contribution in [2.24, 2.45) is 0 Å². The first-order valence-corrected chi connectivity index (χ1v) is 12.0. The Morgan fingerprint density at radius 2 is 1.83 bits per heavy atom. The predicted molar refractivity (Wildman–Crippen MR) is 131 cm³/mol. The van der Waals surface area contributed by atoms with Crippen molar-refractivity contribution in [3.05, 3.63) is 68.5 Å². The van der Waals surface area contributed by atoms with Crippen LogP contribution in [-0.4, -0.2) is 36.4 Å². The van der Waals surface area contributed by atoms with Crippen LogP contribution in [0.25, 0.3) is 11.0 Å². The highest BCUT2D eigenvalue weighted by Gasteiger charge is 2.45. The molecule has 0 N–H and O–H groups in total. The molecule has 1 aliphatic heterocycles. The summed E-state index contributed by atoms with van der Waals surface area (Å²) >= 11 is 1.26. The predicted octanol–water partition coefficient (Wildman–Crippen LogP) is 4.51. The third-order valence-corrected chi connectivity index (χ3v) is 6.52. The summed E-state index contributed by atoms with van der Waals surface area (Å²) in [6.45, 7) is 6.48. The molecule has 1 unspecified atom stereocenters. The van der Waals surface area contributed by atoms with Crippen LogP contribution in [0.5, 0.6) is 17.2 Å². The van der Waals surface area contributed by atoms with Gasteiger partial charge in [-0.2, -0.15) is 0 Å². The summed E-state index contributed by atoms with van der Waals surface area (Å²) in [5, 5.41) is 9.68. The van der Waals surface area contributed by atoms with E-state index in [-0.39, 0.29) is 22.3 Å². The molecule has 10 heteroatoms. The average Bonchev–Trinajstić information content (AvgIpc) is 3.40. The number of benzene rings is 2. The lowest BCUT2D eigenvalue weighted by molar-refractivity contribution is 0.0970. The van der Waals surface area contributed by atoms with Gasteiger partial charge in [0.05, 0.1) is 37.3 Å². The second-order valence-electron chi connectivity index (χ2n) is 7.79. The van der Waals surface area contributed by atoms with Crippen LogP contribution in [0.3, 0.4) is 0 Å². The summed E-state index contributed by atoms with van der Waals surface area (Å²) in [6, 6.07) is 9.56. The molecule has 0 saturated carbocycles. The molecule has 1 amide bonds. The third kappa shape index (κ3) is 3.79. The fourth-order valence-electron chi connectivity index (χ4n) is 4.23. The second kappa shape index (κ2) is 9.03. The highest BCUT2D eigenvalue weighted by atomic mass is 32.1. The van der Waals surface area contributed by atoms with Gasteiger partial charge in [-0.05, 0) is 50.6 Å². The van der Waals surface area contributed by atoms with E-state index in [9.17, 15) is 9.59 Å². The van der Waals surface area contributed by atoms with E-state index in [4.69, 9.17) is 18.6 Å². The van der Waals surface area contributed by atoms with Crippen LogP contribution < -0.4 is 24.5 Å². The number of ether oxygens (including phenoxy) is 3. The normalized spacial score (nSPS) is 14.9. The van der Waals surface area contributed by atoms with Crippen LogP contribution in [0, 0.1) is 6.92 Å². The van der Waals surface area contributed by atoms with Crippen LogP contribution in [0.15, 0.2) is 45.6 Å². The summed E-state index contributed by atoms with van der Waals surface area (Å²) in [4.78, 5) is 28.9. The summed E-state index contributed by atoms with van der Waals surface area (Å²) in [7, 11) is 1.54. The molecule has 0 saturated heterocycles. The fourth-order valence-corrected chi connectivity index (χ4v) is 4.95. The standard InChI is InChI=1S/C25H23N3O6S/c1-5-32-15-8-9-16-18(12-15)34-23-20(22(16)29)21(28(24(23)30)25-27-26-13(3)35-25)14-7-10-17(33-6-2)19(11-14)31-4/h7-12,21H,5-6H2,1-4H3. The van der Waals surface area contributed by atoms with Gasteiger partial charge in [-0.25, -0.2) is 0 Å². The maximum absolute atomic E-state index is 13.8. The largest absolute Gasteiger partial charge is 0.494 e. The molecule has 0 fully saturated rings. The number of aromatic nitrogens is 2. The zero-order valence-corrected chi connectivity index (χ0v) is 20.5. The Morgan fingerprint density at radius 3 is 2.51 bits per heavy atom. The Labute approximate surface area is 204 Å². The van der Waals surface area contributed by atoms with Gasteiger partial charge in [0.1, 0.15) is 16.3 Å². The first kappa shape index (κ1) is 22.9. The number of fused-ring (bicyclic) bond motifs is 2. The average molecular weight is 494 g/mol. The van der Waals surface area contributed by atoms with E-state index in [1.54, 1.807) is 44.4 Å². The summed E-state index contributed by atoms with van der Waals surface area (Å²) in [5.74, 6) is 1.12. The van der Waals surface area contributed by atoms with Crippen molar-refractivity contribution in [1.82, 2.24) is 10.2 Å². The van der Waals surface area contributed by atoms with Crippen LogP contribution in [0.4, 0.5) is 5.13 Å². The molecule has 35 heavy (non-hydrogen) atoms. The zero-order chi connectivity index (χ0) is 24.7. The molecule has 0 spiro atoms. The highest BCUT2D eigenvalue weighted by molar-refractivity contribution is 7.15. The summed E-state index contributed by atoms with van der Waals surface area (Å²) < 4.78 is 22.8. The van der Waals surface area contributed by atoms with Gasteiger partial charge in [0, 0.05) is 6.07 Å². The number of anilines is 1. The summed E-state index contributed by atoms with van der Waals surface area (Å²) in [5.41, 5.74) is 0.888. The Morgan fingerprint density at radius 1 is 1.03 bits per heavy atom. The minimum atomic E-state index is -0.776. The number of nitrogens with zero attached hydrogens (tertiary/aromatic N) is 3. The van der Waals surface area contributed by atoms with Gasteiger partial charge in [0.25, 0.3) is 5.91 Å². The molecule has 4 aromatic rings. The first-order valence-electron chi connectivity index (χ1n) is 11.1. The molecule has 2 aromatic carbocycles. The van der Waals surface area contributed by atoms with E-state index in [0.29, 0.717) is 51.6 Å². The second-order valence-corrected chi connectivity index (χ2v) is 8.95. The maximum atomic E-state index is 13.8. The van der Waals surface area contributed by atoms with Crippen molar-refractivity contribution in [2.75, 3.05) is 25.2 Å². The van der Waals surface area contributed by atoms with E-state index < -0.39 is 11.9 Å². The molecule has 3 heterocycles. The number of carbonyl (C=O) groups excluding carboxylic acids is 1. The van der Waals surface area contributed by atoms with E-state index >= 15 is 0 Å². The smallest absolute Gasteiger partial charge is 0.297 e. The topological polar surface area (TPSA) is 104 Å². The maximum Gasteiger partial charge on any atom is 0.297 e. The molecular formula is C25H23N3O6S. The SMILES string of the molecule is CCOc1ccc2c(=O)c3c(oc2c1)C(=O)N(c1nnc(C)s1)C3c1ccc(OCC)c(OC)c1. The number of carbonyl (C=O) groups is 1. The number of methoxy groups -OCH3 is 1. The van der Waals surface area contributed by atoms with Gasteiger partial charge in [-0.15, -0.1) is 10.2 Å². The number of hydrogen-bond acceptors (Lipinski definition) is 9. The molecule has 0 radical (unpaired) electrons. The minimum absolute atomic E-state index is 0.0261. The van der Waals surface area contributed by atoms with Gasteiger partial charge >= 0.3 is 0 Å². The molecule has 0 bridgehead atoms. The fraction of sp³-hybridized carbons (Fsp3) is 0.280. The lowest BCUT2D eigenvalue weighted by Crippen LogP contribution is -2.29. The van der Waals surface area contributed by atoms with Crippen LogP contribution in [-0.2, 0) is 0 Å².